The van der Waals surface area contributed by atoms with Gasteiger partial charge in [0.25, 0.3) is 0 Å². The number of nitrogens with zero attached hydrogens (tertiary/aromatic N) is 3. The van der Waals surface area contributed by atoms with Crippen LogP contribution in [0.3, 0.4) is 0 Å². The molecule has 6 heteroatoms. The molecule has 27 heavy (non-hydrogen) atoms. The van der Waals surface area contributed by atoms with E-state index < -0.39 is 0 Å². The summed E-state index contributed by atoms with van der Waals surface area (Å²) in [5.74, 6) is 2.26. The van der Waals surface area contributed by atoms with Gasteiger partial charge in [-0.3, -0.25) is 4.79 Å². The summed E-state index contributed by atoms with van der Waals surface area (Å²) in [5.41, 5.74) is 4.54. The van der Waals surface area contributed by atoms with Gasteiger partial charge in [-0.25, -0.2) is 0 Å². The Hall–Kier alpha value is -2.60. The zero-order valence-corrected chi connectivity index (χ0v) is 16.6. The number of carbonyl (C=O) groups is 1. The quantitative estimate of drug-likeness (QED) is 0.612. The molecule has 1 aromatic heterocycles. The molecule has 5 nitrogen and oxygen atoms in total. The number of thioether (sulfide) groups is 1. The lowest BCUT2D eigenvalue weighted by Gasteiger charge is -2.14. The minimum absolute atomic E-state index is 0.0442. The van der Waals surface area contributed by atoms with Crippen LogP contribution in [-0.4, -0.2) is 33.7 Å². The zero-order valence-electron chi connectivity index (χ0n) is 15.8. The highest BCUT2D eigenvalue weighted by Crippen LogP contribution is 2.17. The van der Waals surface area contributed by atoms with E-state index in [0.29, 0.717) is 24.0 Å². The fraction of sp³-hybridized carbons (Fsp3) is 0.286. The average molecular weight is 382 g/mol. The van der Waals surface area contributed by atoms with E-state index in [1.165, 1.54) is 16.7 Å². The second kappa shape index (κ2) is 8.86. The molecular formula is C21H23N3O2S. The molecule has 1 amide bonds. The van der Waals surface area contributed by atoms with Crippen LogP contribution in [0, 0.1) is 13.8 Å². The molecule has 0 aliphatic carbocycles. The predicted octanol–water partition coefficient (Wildman–Crippen LogP) is 4.25. The summed E-state index contributed by atoms with van der Waals surface area (Å²) in [7, 11) is 1.76. The van der Waals surface area contributed by atoms with Gasteiger partial charge in [0.1, 0.15) is 0 Å². The maximum Gasteiger partial charge on any atom is 0.246 e. The first-order valence-electron chi connectivity index (χ1n) is 8.78. The molecule has 0 N–H and O–H groups in total. The first kappa shape index (κ1) is 19.2. The first-order valence-corrected chi connectivity index (χ1v) is 9.93. The fourth-order valence-corrected chi connectivity index (χ4v) is 3.51. The molecule has 1 heterocycles. The zero-order chi connectivity index (χ0) is 19.2. The highest BCUT2D eigenvalue weighted by molar-refractivity contribution is 7.99. The first-order chi connectivity index (χ1) is 13.0. The number of hydrogen-bond acceptors (Lipinski definition) is 5. The Bertz CT molecular complexity index is 906. The molecule has 3 aromatic rings. The molecular weight excluding hydrogens is 358 g/mol. The Balaban J connectivity index is 1.50. The number of carbonyl (C=O) groups excluding carboxylic acids is 1. The van der Waals surface area contributed by atoms with E-state index in [1.54, 1.807) is 23.7 Å². The Morgan fingerprint density at radius 3 is 2.63 bits per heavy atom. The fourth-order valence-electron chi connectivity index (χ4n) is 2.60. The third kappa shape index (κ3) is 5.44. The Morgan fingerprint density at radius 2 is 1.89 bits per heavy atom. The van der Waals surface area contributed by atoms with Crippen LogP contribution < -0.4 is 0 Å². The summed E-state index contributed by atoms with van der Waals surface area (Å²) in [6, 6.07) is 16.3. The van der Waals surface area contributed by atoms with E-state index in [4.69, 9.17) is 4.52 Å². The normalized spacial score (nSPS) is 10.8. The van der Waals surface area contributed by atoms with Crippen molar-refractivity contribution in [2.45, 2.75) is 26.1 Å². The van der Waals surface area contributed by atoms with Crippen molar-refractivity contribution in [3.05, 3.63) is 71.1 Å². The minimum atomic E-state index is 0.0442. The molecule has 2 aromatic carbocycles. The monoisotopic (exact) mass is 381 g/mol. The highest BCUT2D eigenvalue weighted by atomic mass is 32.2. The van der Waals surface area contributed by atoms with Gasteiger partial charge in [-0.15, -0.1) is 11.8 Å². The number of aromatic nitrogens is 2. The second-order valence-electron chi connectivity index (χ2n) is 6.61. The van der Waals surface area contributed by atoms with E-state index in [-0.39, 0.29) is 5.91 Å². The van der Waals surface area contributed by atoms with Gasteiger partial charge in [-0.2, -0.15) is 4.98 Å². The van der Waals surface area contributed by atoms with Crippen molar-refractivity contribution in [2.75, 3.05) is 12.8 Å². The van der Waals surface area contributed by atoms with Crippen molar-refractivity contribution in [3.8, 4) is 11.4 Å². The predicted molar refractivity (Wildman–Crippen MR) is 108 cm³/mol. The van der Waals surface area contributed by atoms with Crippen LogP contribution in [-0.2, 0) is 17.1 Å². The summed E-state index contributed by atoms with van der Waals surface area (Å²) in [5, 5.41) is 4.01. The highest BCUT2D eigenvalue weighted by Gasteiger charge is 2.14. The molecule has 0 radical (unpaired) electrons. The molecule has 140 valence electrons. The van der Waals surface area contributed by atoms with Crippen LogP contribution in [0.5, 0.6) is 0 Å². The third-order valence-corrected chi connectivity index (χ3v) is 5.14. The van der Waals surface area contributed by atoms with Crippen LogP contribution in [0.4, 0.5) is 0 Å². The van der Waals surface area contributed by atoms with E-state index in [2.05, 4.69) is 35.3 Å². The van der Waals surface area contributed by atoms with Gasteiger partial charge in [0.15, 0.2) is 0 Å². The lowest BCUT2D eigenvalue weighted by atomic mass is 10.1. The van der Waals surface area contributed by atoms with E-state index in [1.807, 2.05) is 37.3 Å². The Morgan fingerprint density at radius 1 is 1.11 bits per heavy atom. The van der Waals surface area contributed by atoms with Crippen LogP contribution in [0.15, 0.2) is 53.1 Å². The van der Waals surface area contributed by atoms with Gasteiger partial charge >= 0.3 is 0 Å². The topological polar surface area (TPSA) is 59.2 Å². The number of aryl methyl sites for hydroxylation is 2. The SMILES string of the molecule is Cc1ccc(-c2noc(CN(C)C(=O)CSCc3cccc(C)c3)n2)cc1. The van der Waals surface area contributed by atoms with Crippen molar-refractivity contribution in [3.63, 3.8) is 0 Å². The summed E-state index contributed by atoms with van der Waals surface area (Å²) in [6.07, 6.45) is 0. The van der Waals surface area contributed by atoms with Crippen molar-refractivity contribution in [1.82, 2.24) is 15.0 Å². The van der Waals surface area contributed by atoms with Crippen LogP contribution in [0.2, 0.25) is 0 Å². The number of benzene rings is 2. The molecule has 0 fully saturated rings. The number of amides is 1. The molecule has 0 saturated heterocycles. The molecule has 0 unspecified atom stereocenters. The summed E-state index contributed by atoms with van der Waals surface area (Å²) < 4.78 is 5.30. The molecule has 0 atom stereocenters. The van der Waals surface area contributed by atoms with E-state index >= 15 is 0 Å². The molecule has 3 rings (SSSR count). The van der Waals surface area contributed by atoms with E-state index in [9.17, 15) is 4.79 Å². The third-order valence-electron chi connectivity index (χ3n) is 4.15. The molecule has 0 bridgehead atoms. The lowest BCUT2D eigenvalue weighted by molar-refractivity contribution is -0.127. The maximum absolute atomic E-state index is 12.3. The van der Waals surface area contributed by atoms with Crippen molar-refractivity contribution < 1.29 is 9.32 Å². The second-order valence-corrected chi connectivity index (χ2v) is 7.59. The molecule has 0 aliphatic rings. The number of hydrogen-bond donors (Lipinski definition) is 0. The van der Waals surface area contributed by atoms with Gasteiger partial charge in [0, 0.05) is 18.4 Å². The Kier molecular flexibility index (Phi) is 6.29. The summed E-state index contributed by atoms with van der Waals surface area (Å²) >= 11 is 1.61. The molecule has 0 saturated carbocycles. The summed E-state index contributed by atoms with van der Waals surface area (Å²) in [6.45, 7) is 4.41. The van der Waals surface area contributed by atoms with Gasteiger partial charge < -0.3 is 9.42 Å². The summed E-state index contributed by atoms with van der Waals surface area (Å²) in [4.78, 5) is 18.3. The van der Waals surface area contributed by atoms with Gasteiger partial charge in [0.2, 0.25) is 17.6 Å². The largest absolute Gasteiger partial charge is 0.337 e. The smallest absolute Gasteiger partial charge is 0.246 e. The van der Waals surface area contributed by atoms with Crippen molar-refractivity contribution >= 4 is 17.7 Å². The Labute approximate surface area is 163 Å². The van der Waals surface area contributed by atoms with Crippen molar-refractivity contribution in [2.24, 2.45) is 0 Å². The molecule has 0 spiro atoms. The van der Waals surface area contributed by atoms with Crippen LogP contribution in [0.1, 0.15) is 22.6 Å². The number of rotatable bonds is 7. The maximum atomic E-state index is 12.3. The van der Waals surface area contributed by atoms with Gasteiger partial charge in [0.05, 0.1) is 12.3 Å². The molecule has 0 aliphatic heterocycles. The van der Waals surface area contributed by atoms with Crippen molar-refractivity contribution in [1.29, 1.82) is 0 Å². The minimum Gasteiger partial charge on any atom is -0.337 e. The lowest BCUT2D eigenvalue weighted by Crippen LogP contribution is -2.28. The average Bonchev–Trinajstić information content (AvgIpc) is 3.10. The standard InChI is InChI=1S/C21H23N3O2S/c1-15-7-9-18(10-8-15)21-22-19(26-23-21)12-24(3)20(25)14-27-13-17-6-4-5-16(2)11-17/h4-11H,12-14H2,1-3H3. The van der Waals surface area contributed by atoms with Gasteiger partial charge in [-0.05, 0) is 19.4 Å². The van der Waals surface area contributed by atoms with Crippen LogP contribution >= 0.6 is 11.8 Å². The van der Waals surface area contributed by atoms with Gasteiger partial charge in [-0.1, -0.05) is 64.8 Å². The van der Waals surface area contributed by atoms with E-state index in [0.717, 1.165) is 11.3 Å². The van der Waals surface area contributed by atoms with Crippen LogP contribution in [0.25, 0.3) is 11.4 Å².